The molecule has 1 aromatic carbocycles. The number of carboxylic acid groups (broad SMARTS) is 1. The van der Waals surface area contributed by atoms with Crippen LogP contribution in [0.15, 0.2) is 30.5 Å². The van der Waals surface area contributed by atoms with Gasteiger partial charge in [0.1, 0.15) is 0 Å². The molecule has 1 atom stereocenters. The molecule has 1 aromatic heterocycles. The van der Waals surface area contributed by atoms with Crippen molar-refractivity contribution in [2.75, 3.05) is 26.3 Å². The van der Waals surface area contributed by atoms with Gasteiger partial charge in [0.25, 0.3) is 0 Å². The van der Waals surface area contributed by atoms with Gasteiger partial charge in [-0.2, -0.15) is 0 Å². The quantitative estimate of drug-likeness (QED) is 0.913. The minimum atomic E-state index is -0.657. The molecule has 0 saturated carbocycles. The van der Waals surface area contributed by atoms with E-state index in [4.69, 9.17) is 4.74 Å². The largest absolute Gasteiger partial charge is 0.481 e. The van der Waals surface area contributed by atoms with Crippen LogP contribution in [0.1, 0.15) is 18.4 Å². The van der Waals surface area contributed by atoms with E-state index < -0.39 is 5.97 Å². The molecule has 0 radical (unpaired) electrons. The third kappa shape index (κ3) is 2.64. The fraction of sp³-hybridized carbons (Fsp3) is 0.500. The topological polar surface area (TPSA) is 65.6 Å². The fourth-order valence-electron chi connectivity index (χ4n) is 4.28. The zero-order valence-corrected chi connectivity index (χ0v) is 13.1. The van der Waals surface area contributed by atoms with Crippen molar-refractivity contribution in [3.05, 3.63) is 36.0 Å². The molecule has 3 heterocycles. The van der Waals surface area contributed by atoms with E-state index in [-0.39, 0.29) is 11.3 Å². The number of carboxylic acids is 1. The molecule has 0 aliphatic carbocycles. The van der Waals surface area contributed by atoms with Crippen LogP contribution in [0.5, 0.6) is 0 Å². The van der Waals surface area contributed by atoms with E-state index in [2.05, 4.69) is 34.1 Å². The smallest absolute Gasteiger partial charge is 0.308 e. The monoisotopic (exact) mass is 314 g/mol. The predicted octanol–water partition coefficient (Wildman–Crippen LogP) is 2.48. The van der Waals surface area contributed by atoms with Gasteiger partial charge in [0, 0.05) is 50.0 Å². The maximum absolute atomic E-state index is 11.7. The molecule has 4 rings (SSSR count). The van der Waals surface area contributed by atoms with Crippen molar-refractivity contribution in [1.82, 2.24) is 9.88 Å². The van der Waals surface area contributed by atoms with Crippen molar-refractivity contribution >= 4 is 16.9 Å². The van der Waals surface area contributed by atoms with E-state index in [0.29, 0.717) is 19.8 Å². The molecule has 1 spiro atoms. The van der Waals surface area contributed by atoms with Crippen LogP contribution in [0.3, 0.4) is 0 Å². The SMILES string of the molecule is O=C(O)C1CN(Cc2ccc3[nH]ccc3c2)CC12CCOCC2. The first-order valence-electron chi connectivity index (χ1n) is 8.25. The van der Waals surface area contributed by atoms with Gasteiger partial charge in [0.15, 0.2) is 0 Å². The minimum Gasteiger partial charge on any atom is -0.481 e. The van der Waals surface area contributed by atoms with Crippen LogP contribution < -0.4 is 0 Å². The highest BCUT2D eigenvalue weighted by Crippen LogP contribution is 2.44. The van der Waals surface area contributed by atoms with Crippen molar-refractivity contribution in [1.29, 1.82) is 0 Å². The maximum Gasteiger partial charge on any atom is 0.308 e. The van der Waals surface area contributed by atoms with Crippen LogP contribution >= 0.6 is 0 Å². The number of benzene rings is 1. The second-order valence-electron chi connectivity index (χ2n) is 6.93. The third-order valence-corrected chi connectivity index (χ3v) is 5.53. The highest BCUT2D eigenvalue weighted by Gasteiger charge is 2.50. The van der Waals surface area contributed by atoms with E-state index in [1.165, 1.54) is 10.9 Å². The van der Waals surface area contributed by atoms with E-state index in [9.17, 15) is 9.90 Å². The highest BCUT2D eigenvalue weighted by atomic mass is 16.5. The Balaban J connectivity index is 1.54. The Morgan fingerprint density at radius 1 is 1.35 bits per heavy atom. The third-order valence-electron chi connectivity index (χ3n) is 5.53. The van der Waals surface area contributed by atoms with Crippen LogP contribution in [0.2, 0.25) is 0 Å². The molecular weight excluding hydrogens is 292 g/mol. The number of hydrogen-bond donors (Lipinski definition) is 2. The Hall–Kier alpha value is -1.85. The standard InChI is InChI=1S/C18H22N2O3/c21-17(22)15-11-20(12-18(15)4-7-23-8-5-18)10-13-1-2-16-14(9-13)3-6-19-16/h1-3,6,9,15,19H,4-5,7-8,10-12H2,(H,21,22). The first-order chi connectivity index (χ1) is 11.2. The summed E-state index contributed by atoms with van der Waals surface area (Å²) in [6, 6.07) is 8.49. The number of aliphatic carboxylic acids is 1. The molecule has 2 aliphatic heterocycles. The zero-order valence-electron chi connectivity index (χ0n) is 13.1. The normalized spacial score (nSPS) is 24.4. The fourth-order valence-corrected chi connectivity index (χ4v) is 4.28. The number of nitrogens with zero attached hydrogens (tertiary/aromatic N) is 1. The summed E-state index contributed by atoms with van der Waals surface area (Å²) in [5.41, 5.74) is 2.27. The van der Waals surface area contributed by atoms with Gasteiger partial charge in [-0.25, -0.2) is 0 Å². The molecule has 2 N–H and O–H groups in total. The first kappa shape index (κ1) is 14.7. The summed E-state index contributed by atoms with van der Waals surface area (Å²) in [6.07, 6.45) is 3.66. The number of aromatic nitrogens is 1. The van der Waals surface area contributed by atoms with Gasteiger partial charge in [-0.3, -0.25) is 9.69 Å². The first-order valence-corrected chi connectivity index (χ1v) is 8.25. The summed E-state index contributed by atoms with van der Waals surface area (Å²) < 4.78 is 5.46. The Morgan fingerprint density at radius 3 is 2.96 bits per heavy atom. The summed E-state index contributed by atoms with van der Waals surface area (Å²) in [5, 5.41) is 10.9. The maximum atomic E-state index is 11.7. The molecule has 0 amide bonds. The number of likely N-dealkylation sites (tertiary alicyclic amines) is 1. The number of hydrogen-bond acceptors (Lipinski definition) is 3. The van der Waals surface area contributed by atoms with Crippen molar-refractivity contribution in [2.24, 2.45) is 11.3 Å². The van der Waals surface area contributed by atoms with Gasteiger partial charge in [-0.15, -0.1) is 0 Å². The lowest BCUT2D eigenvalue weighted by molar-refractivity contribution is -0.146. The number of carbonyl (C=O) groups is 1. The Kier molecular flexibility index (Phi) is 3.62. The molecule has 2 fully saturated rings. The van der Waals surface area contributed by atoms with Crippen LogP contribution in [-0.2, 0) is 16.1 Å². The van der Waals surface area contributed by atoms with Crippen molar-refractivity contribution < 1.29 is 14.6 Å². The second kappa shape index (κ2) is 5.65. The van der Waals surface area contributed by atoms with Gasteiger partial charge in [-0.1, -0.05) is 6.07 Å². The molecule has 2 aliphatic rings. The van der Waals surface area contributed by atoms with Crippen LogP contribution in [0.4, 0.5) is 0 Å². The van der Waals surface area contributed by atoms with Gasteiger partial charge in [0.05, 0.1) is 5.92 Å². The number of nitrogens with one attached hydrogen (secondary N) is 1. The Bertz CT molecular complexity index is 718. The Labute approximate surface area is 135 Å². The number of ether oxygens (including phenoxy) is 1. The molecule has 122 valence electrons. The van der Waals surface area contributed by atoms with Gasteiger partial charge in [0.2, 0.25) is 0 Å². The zero-order chi connectivity index (χ0) is 15.9. The van der Waals surface area contributed by atoms with Gasteiger partial charge < -0.3 is 14.8 Å². The Morgan fingerprint density at radius 2 is 2.17 bits per heavy atom. The highest BCUT2D eigenvalue weighted by molar-refractivity contribution is 5.79. The molecule has 0 bridgehead atoms. The minimum absolute atomic E-state index is 0.109. The molecule has 2 aromatic rings. The van der Waals surface area contributed by atoms with Gasteiger partial charge >= 0.3 is 5.97 Å². The van der Waals surface area contributed by atoms with Crippen LogP contribution in [-0.4, -0.2) is 47.3 Å². The summed E-state index contributed by atoms with van der Waals surface area (Å²) in [4.78, 5) is 17.2. The second-order valence-corrected chi connectivity index (χ2v) is 6.93. The predicted molar refractivity (Wildman–Crippen MR) is 87.2 cm³/mol. The summed E-state index contributed by atoms with van der Waals surface area (Å²) in [5.74, 6) is -0.933. The van der Waals surface area contributed by atoms with Crippen molar-refractivity contribution in [3.63, 3.8) is 0 Å². The molecule has 1 unspecified atom stereocenters. The average molecular weight is 314 g/mol. The lowest BCUT2D eigenvalue weighted by atomic mass is 9.72. The summed E-state index contributed by atoms with van der Waals surface area (Å²) in [6.45, 7) is 3.69. The lowest BCUT2D eigenvalue weighted by Crippen LogP contribution is -2.40. The molecular formula is C18H22N2O3. The van der Waals surface area contributed by atoms with Crippen molar-refractivity contribution in [3.8, 4) is 0 Å². The number of H-pyrrole nitrogens is 1. The number of fused-ring (bicyclic) bond motifs is 1. The van der Waals surface area contributed by atoms with Crippen molar-refractivity contribution in [2.45, 2.75) is 19.4 Å². The summed E-state index contributed by atoms with van der Waals surface area (Å²) in [7, 11) is 0. The van der Waals surface area contributed by atoms with Gasteiger partial charge in [-0.05, 0) is 42.0 Å². The average Bonchev–Trinajstić information content (AvgIpc) is 3.13. The van der Waals surface area contributed by atoms with E-state index in [1.54, 1.807) is 0 Å². The van der Waals surface area contributed by atoms with Crippen LogP contribution in [0, 0.1) is 11.3 Å². The lowest BCUT2D eigenvalue weighted by Gasteiger charge is -2.36. The summed E-state index contributed by atoms with van der Waals surface area (Å²) >= 11 is 0. The number of aromatic amines is 1. The molecule has 2 saturated heterocycles. The number of rotatable bonds is 3. The van der Waals surface area contributed by atoms with E-state index in [0.717, 1.165) is 31.4 Å². The molecule has 5 heteroatoms. The van der Waals surface area contributed by atoms with E-state index >= 15 is 0 Å². The van der Waals surface area contributed by atoms with E-state index in [1.807, 2.05) is 6.20 Å². The molecule has 5 nitrogen and oxygen atoms in total. The molecule has 23 heavy (non-hydrogen) atoms. The van der Waals surface area contributed by atoms with Crippen LogP contribution in [0.25, 0.3) is 10.9 Å².